The molecule has 2 N–H and O–H groups in total. The number of carbonyl (C=O) groups is 2. The zero-order valence-electron chi connectivity index (χ0n) is 15.0. The number of sulfonamides is 1. The summed E-state index contributed by atoms with van der Waals surface area (Å²) in [7, 11) is -3.53. The molecule has 1 aliphatic carbocycles. The SMILES string of the molecule is O=C(CCc1ccc(S(=O)(=O)N2CCOCC2)cc1)NC1(C(=O)O)CCC1. The van der Waals surface area contributed by atoms with Gasteiger partial charge in [0.15, 0.2) is 0 Å². The van der Waals surface area contributed by atoms with E-state index in [2.05, 4.69) is 5.32 Å². The van der Waals surface area contributed by atoms with Crippen LogP contribution in [0.2, 0.25) is 0 Å². The molecule has 1 aromatic carbocycles. The summed E-state index contributed by atoms with van der Waals surface area (Å²) >= 11 is 0. The van der Waals surface area contributed by atoms with Crippen LogP contribution in [-0.2, 0) is 30.8 Å². The van der Waals surface area contributed by atoms with Crippen molar-refractivity contribution in [3.8, 4) is 0 Å². The van der Waals surface area contributed by atoms with E-state index in [1.54, 1.807) is 24.3 Å². The summed E-state index contributed by atoms with van der Waals surface area (Å²) in [5.74, 6) is -1.29. The van der Waals surface area contributed by atoms with Crippen LogP contribution in [0.5, 0.6) is 0 Å². The molecule has 1 saturated heterocycles. The fourth-order valence-electron chi connectivity index (χ4n) is 3.27. The third-order valence-corrected chi connectivity index (χ3v) is 7.08. The maximum Gasteiger partial charge on any atom is 0.329 e. The van der Waals surface area contributed by atoms with Crippen molar-refractivity contribution in [1.82, 2.24) is 9.62 Å². The maximum absolute atomic E-state index is 12.6. The second-order valence-electron chi connectivity index (χ2n) is 6.95. The quantitative estimate of drug-likeness (QED) is 0.704. The minimum atomic E-state index is -3.53. The third kappa shape index (κ3) is 4.31. The van der Waals surface area contributed by atoms with Gasteiger partial charge in [-0.25, -0.2) is 13.2 Å². The topological polar surface area (TPSA) is 113 Å². The lowest BCUT2D eigenvalue weighted by Gasteiger charge is -2.38. The Hall–Kier alpha value is -1.97. The molecule has 0 atom stereocenters. The van der Waals surface area contributed by atoms with Gasteiger partial charge in [-0.15, -0.1) is 0 Å². The van der Waals surface area contributed by atoms with Crippen molar-refractivity contribution in [3.05, 3.63) is 29.8 Å². The molecule has 0 aromatic heterocycles. The zero-order valence-corrected chi connectivity index (χ0v) is 15.8. The van der Waals surface area contributed by atoms with E-state index in [1.807, 2.05) is 0 Å². The molecule has 0 unspecified atom stereocenters. The van der Waals surface area contributed by atoms with Gasteiger partial charge in [-0.3, -0.25) is 4.79 Å². The Morgan fingerprint density at radius 2 is 1.78 bits per heavy atom. The van der Waals surface area contributed by atoms with E-state index < -0.39 is 21.5 Å². The molecule has 1 saturated carbocycles. The largest absolute Gasteiger partial charge is 0.480 e. The molecule has 0 radical (unpaired) electrons. The molecule has 27 heavy (non-hydrogen) atoms. The number of nitrogens with zero attached hydrogens (tertiary/aromatic N) is 1. The first-order valence-electron chi connectivity index (χ1n) is 9.05. The van der Waals surface area contributed by atoms with Crippen LogP contribution in [-0.4, -0.2) is 61.5 Å². The first-order valence-corrected chi connectivity index (χ1v) is 10.5. The van der Waals surface area contributed by atoms with Crippen LogP contribution in [0.1, 0.15) is 31.2 Å². The van der Waals surface area contributed by atoms with E-state index in [1.165, 1.54) is 4.31 Å². The van der Waals surface area contributed by atoms with Gasteiger partial charge in [-0.1, -0.05) is 12.1 Å². The minimum Gasteiger partial charge on any atom is -0.480 e. The van der Waals surface area contributed by atoms with Crippen molar-refractivity contribution >= 4 is 21.9 Å². The number of hydrogen-bond acceptors (Lipinski definition) is 5. The molecule has 0 bridgehead atoms. The number of morpholine rings is 1. The van der Waals surface area contributed by atoms with Crippen molar-refractivity contribution in [2.24, 2.45) is 0 Å². The van der Waals surface area contributed by atoms with Crippen LogP contribution in [0.25, 0.3) is 0 Å². The molecule has 1 aromatic rings. The molecule has 1 amide bonds. The second-order valence-corrected chi connectivity index (χ2v) is 8.89. The van der Waals surface area contributed by atoms with Gasteiger partial charge < -0.3 is 15.2 Å². The first-order chi connectivity index (χ1) is 12.8. The second kappa shape index (κ2) is 7.95. The van der Waals surface area contributed by atoms with Gasteiger partial charge in [0.05, 0.1) is 18.1 Å². The van der Waals surface area contributed by atoms with Crippen LogP contribution < -0.4 is 5.32 Å². The highest BCUT2D eigenvalue weighted by Gasteiger charge is 2.45. The molecule has 2 fully saturated rings. The number of aryl methyl sites for hydroxylation is 1. The molecule has 3 rings (SSSR count). The summed E-state index contributed by atoms with van der Waals surface area (Å²) in [5, 5.41) is 11.9. The lowest BCUT2D eigenvalue weighted by atomic mass is 9.76. The Kier molecular flexibility index (Phi) is 5.83. The van der Waals surface area contributed by atoms with Gasteiger partial charge >= 0.3 is 5.97 Å². The monoisotopic (exact) mass is 396 g/mol. The van der Waals surface area contributed by atoms with Crippen molar-refractivity contribution in [3.63, 3.8) is 0 Å². The highest BCUT2D eigenvalue weighted by atomic mass is 32.2. The number of carbonyl (C=O) groups excluding carboxylic acids is 1. The van der Waals surface area contributed by atoms with E-state index in [0.29, 0.717) is 45.6 Å². The maximum atomic E-state index is 12.6. The molecule has 2 aliphatic rings. The molecular weight excluding hydrogens is 372 g/mol. The van der Waals surface area contributed by atoms with Crippen LogP contribution in [0.4, 0.5) is 0 Å². The number of hydrogen-bond donors (Lipinski definition) is 2. The summed E-state index contributed by atoms with van der Waals surface area (Å²) in [6.45, 7) is 1.47. The molecule has 148 valence electrons. The van der Waals surface area contributed by atoms with E-state index in [9.17, 15) is 23.1 Å². The van der Waals surface area contributed by atoms with Crippen LogP contribution in [0.15, 0.2) is 29.2 Å². The Labute approximate surface area is 158 Å². The van der Waals surface area contributed by atoms with E-state index in [0.717, 1.165) is 12.0 Å². The molecule has 1 heterocycles. The number of carboxylic acids is 1. The van der Waals surface area contributed by atoms with Gasteiger partial charge in [0.2, 0.25) is 15.9 Å². The molecule has 9 heteroatoms. The van der Waals surface area contributed by atoms with Crippen LogP contribution in [0, 0.1) is 0 Å². The standard InChI is InChI=1S/C18H24N2O6S/c21-16(19-18(17(22)23)8-1-9-18)7-4-14-2-5-15(6-3-14)27(24,25)20-10-12-26-13-11-20/h2-3,5-6H,1,4,7-13H2,(H,19,21)(H,22,23). The normalized spacial score (nSPS) is 19.9. The van der Waals surface area contributed by atoms with Crippen molar-refractivity contribution in [1.29, 1.82) is 0 Å². The van der Waals surface area contributed by atoms with Gasteiger partial charge in [0.25, 0.3) is 0 Å². The van der Waals surface area contributed by atoms with Crippen molar-refractivity contribution in [2.45, 2.75) is 42.5 Å². The first kappa shape index (κ1) is 19.8. The number of ether oxygens (including phenoxy) is 1. The lowest BCUT2D eigenvalue weighted by molar-refractivity contribution is -0.151. The van der Waals surface area contributed by atoms with Gasteiger partial charge in [0.1, 0.15) is 5.54 Å². The zero-order chi connectivity index (χ0) is 19.5. The lowest BCUT2D eigenvalue weighted by Crippen LogP contribution is -2.59. The summed E-state index contributed by atoms with van der Waals surface area (Å²) in [4.78, 5) is 23.6. The summed E-state index contributed by atoms with van der Waals surface area (Å²) in [6, 6.07) is 6.47. The summed E-state index contributed by atoms with van der Waals surface area (Å²) in [6.07, 6.45) is 2.29. The molecule has 0 spiro atoms. The minimum absolute atomic E-state index is 0.157. The highest BCUT2D eigenvalue weighted by Crippen LogP contribution is 2.32. The fourth-order valence-corrected chi connectivity index (χ4v) is 4.68. The van der Waals surface area contributed by atoms with E-state index >= 15 is 0 Å². The van der Waals surface area contributed by atoms with Gasteiger partial charge in [-0.05, 0) is 43.4 Å². The fraction of sp³-hybridized carbons (Fsp3) is 0.556. The number of aliphatic carboxylic acids is 1. The van der Waals surface area contributed by atoms with Gasteiger partial charge in [0, 0.05) is 19.5 Å². The van der Waals surface area contributed by atoms with E-state index in [-0.39, 0.29) is 17.2 Å². The third-order valence-electron chi connectivity index (χ3n) is 5.17. The Morgan fingerprint density at radius 3 is 2.30 bits per heavy atom. The predicted octanol–water partition coefficient (Wildman–Crippen LogP) is 0.764. The van der Waals surface area contributed by atoms with Crippen molar-refractivity contribution < 1.29 is 27.9 Å². The smallest absolute Gasteiger partial charge is 0.329 e. The summed E-state index contributed by atoms with van der Waals surface area (Å²) in [5.41, 5.74) is -0.281. The Balaban J connectivity index is 1.56. The van der Waals surface area contributed by atoms with Crippen molar-refractivity contribution in [2.75, 3.05) is 26.3 Å². The average Bonchev–Trinajstić information content (AvgIpc) is 2.64. The van der Waals surface area contributed by atoms with Crippen LogP contribution >= 0.6 is 0 Å². The highest BCUT2D eigenvalue weighted by molar-refractivity contribution is 7.89. The number of amides is 1. The van der Waals surface area contributed by atoms with Crippen LogP contribution in [0.3, 0.4) is 0 Å². The number of nitrogens with one attached hydrogen (secondary N) is 1. The Bertz CT molecular complexity index is 796. The number of rotatable bonds is 7. The molecular formula is C18H24N2O6S. The predicted molar refractivity (Wildman–Crippen MR) is 96.7 cm³/mol. The molecule has 1 aliphatic heterocycles. The number of benzene rings is 1. The number of carboxylic acid groups (broad SMARTS) is 1. The molecule has 8 nitrogen and oxygen atoms in total. The summed E-state index contributed by atoms with van der Waals surface area (Å²) < 4.78 is 31.7. The van der Waals surface area contributed by atoms with E-state index in [4.69, 9.17) is 4.74 Å². The van der Waals surface area contributed by atoms with Gasteiger partial charge in [-0.2, -0.15) is 4.31 Å². The Morgan fingerprint density at radius 1 is 1.15 bits per heavy atom. The average molecular weight is 396 g/mol.